The Balaban J connectivity index is 3.52. The van der Waals surface area contributed by atoms with E-state index in [-0.39, 0.29) is 11.2 Å². The van der Waals surface area contributed by atoms with E-state index in [9.17, 15) is 4.79 Å². The predicted molar refractivity (Wildman–Crippen MR) is 43.3 cm³/mol. The molecule has 0 aliphatic carbocycles. The average Bonchev–Trinajstić information content (AvgIpc) is 1.69. The summed E-state index contributed by atoms with van der Waals surface area (Å²) in [6, 6.07) is -0.207. The molecule has 0 rings (SSSR count). The zero-order valence-corrected chi connectivity index (χ0v) is 6.38. The lowest BCUT2D eigenvalue weighted by Crippen LogP contribution is -2.33. The van der Waals surface area contributed by atoms with Gasteiger partial charge in [-0.1, -0.05) is 0 Å². The minimum absolute atomic E-state index is 0.164. The molecule has 8 heavy (non-hydrogen) atoms. The van der Waals surface area contributed by atoms with Crippen molar-refractivity contribution in [1.29, 1.82) is 0 Å². The molecule has 5 heteroatoms. The van der Waals surface area contributed by atoms with Crippen LogP contribution in [0.1, 0.15) is 0 Å². The van der Waals surface area contributed by atoms with E-state index in [4.69, 9.17) is 0 Å². The van der Waals surface area contributed by atoms with Gasteiger partial charge in [-0.05, 0) is 0 Å². The van der Waals surface area contributed by atoms with Crippen LogP contribution in [0, 0.1) is 0 Å². The predicted octanol–water partition coefficient (Wildman–Crippen LogP) is -1.12. The van der Waals surface area contributed by atoms with E-state index < -0.39 is 0 Å². The molecule has 1 N–H and O–H groups in total. The van der Waals surface area contributed by atoms with Crippen molar-refractivity contribution in [2.75, 3.05) is 5.75 Å². The first kappa shape index (κ1) is 8.39. The quantitative estimate of drug-likeness (QED) is 0.350. The zero-order valence-electron chi connectivity index (χ0n) is 4.59. The zero-order chi connectivity index (χ0) is 6.57. The van der Waals surface area contributed by atoms with Gasteiger partial charge in [0.25, 0.3) is 0 Å². The fourth-order valence-electron chi connectivity index (χ4n) is 0.293. The topological polar surface area (TPSA) is 29.1 Å². The van der Waals surface area contributed by atoms with Crippen molar-refractivity contribution in [1.82, 2.24) is 5.23 Å². The van der Waals surface area contributed by atoms with Crippen LogP contribution in [-0.4, -0.2) is 24.9 Å². The summed E-state index contributed by atoms with van der Waals surface area (Å²) in [5, 5.41) is 2.58. The van der Waals surface area contributed by atoms with E-state index in [0.29, 0.717) is 5.75 Å². The molecule has 0 heterocycles. The maximum Gasteiger partial charge on any atom is 0.202 e. The van der Waals surface area contributed by atoms with Crippen molar-refractivity contribution in [3.63, 3.8) is 0 Å². The van der Waals surface area contributed by atoms with Crippen molar-refractivity contribution in [3.8, 4) is 0 Å². The smallest absolute Gasteiger partial charge is 0.202 e. The molecule has 0 aromatic heterocycles. The third-order valence-corrected chi connectivity index (χ3v) is 1.51. The van der Waals surface area contributed by atoms with Crippen LogP contribution >= 0.6 is 25.3 Å². The average molecular weight is 149 g/mol. The van der Waals surface area contributed by atoms with Gasteiger partial charge >= 0.3 is 0 Å². The van der Waals surface area contributed by atoms with Crippen LogP contribution in [0.15, 0.2) is 0 Å². The number of nitrogens with one attached hydrogen (secondary N) is 1. The second-order valence-corrected chi connectivity index (χ2v) is 2.17. The first-order chi connectivity index (χ1) is 3.72. The number of carbonyl (C=O) groups excluding carboxylic acids is 1. The van der Waals surface area contributed by atoms with E-state index in [2.05, 4.69) is 30.5 Å². The maximum absolute atomic E-state index is 10.4. The molecule has 0 aliphatic heterocycles. The molecule has 0 saturated carbocycles. The molecule has 0 amide bonds. The third-order valence-electron chi connectivity index (χ3n) is 0.829. The summed E-state index contributed by atoms with van der Waals surface area (Å²) in [7, 11) is 1.70. The Labute approximate surface area is 60.7 Å². The summed E-state index contributed by atoms with van der Waals surface area (Å²) in [5.41, 5.74) is 0. The SMILES string of the molecule is BN[C@@H](CS)C(=O)S. The number of carbonyl (C=O) groups is 1. The fourth-order valence-corrected chi connectivity index (χ4v) is 1.01. The van der Waals surface area contributed by atoms with E-state index >= 15 is 0 Å². The lowest BCUT2D eigenvalue weighted by molar-refractivity contribution is -0.111. The molecule has 0 saturated heterocycles. The number of thiol groups is 2. The van der Waals surface area contributed by atoms with Crippen molar-refractivity contribution in [3.05, 3.63) is 0 Å². The van der Waals surface area contributed by atoms with Gasteiger partial charge in [0.2, 0.25) is 5.12 Å². The molecule has 0 bridgehead atoms. The fraction of sp³-hybridized carbons (Fsp3) is 0.667. The molecule has 2 nitrogen and oxygen atoms in total. The first-order valence-corrected chi connectivity index (χ1v) is 3.31. The van der Waals surface area contributed by atoms with Crippen LogP contribution in [0.3, 0.4) is 0 Å². The molecule has 0 aliphatic rings. The Hall–Kier alpha value is 0.395. The molecular formula is C3H8BNOS2. The van der Waals surface area contributed by atoms with Crippen LogP contribution in [0.4, 0.5) is 0 Å². The Kier molecular flexibility index (Phi) is 4.50. The van der Waals surface area contributed by atoms with Crippen molar-refractivity contribution in [2.45, 2.75) is 6.04 Å². The minimum atomic E-state index is -0.207. The van der Waals surface area contributed by atoms with Gasteiger partial charge in [-0.15, -0.1) is 12.6 Å². The van der Waals surface area contributed by atoms with Crippen LogP contribution in [0.25, 0.3) is 0 Å². The van der Waals surface area contributed by atoms with E-state index in [1.165, 1.54) is 0 Å². The van der Waals surface area contributed by atoms with Crippen LogP contribution in [0.2, 0.25) is 0 Å². The normalized spacial score (nSPS) is 13.2. The molecule has 0 aromatic rings. The van der Waals surface area contributed by atoms with Crippen LogP contribution in [-0.2, 0) is 4.79 Å². The minimum Gasteiger partial charge on any atom is -0.352 e. The van der Waals surface area contributed by atoms with Crippen molar-refractivity contribution >= 4 is 38.4 Å². The standard InChI is InChI=1S/C3H8BNOS2/c4-5-2(1-7)3(6)8/h2,5,7H,1,4H2,(H,6,8)/t2-/m0/s1. The van der Waals surface area contributed by atoms with Crippen molar-refractivity contribution < 1.29 is 4.79 Å². The van der Waals surface area contributed by atoms with Gasteiger partial charge in [-0.2, -0.15) is 12.6 Å². The van der Waals surface area contributed by atoms with Gasteiger partial charge < -0.3 is 5.23 Å². The van der Waals surface area contributed by atoms with E-state index in [1.807, 2.05) is 0 Å². The highest BCUT2D eigenvalue weighted by Gasteiger charge is 2.07. The van der Waals surface area contributed by atoms with Crippen LogP contribution < -0.4 is 5.23 Å². The Morgan fingerprint density at radius 1 is 1.88 bits per heavy atom. The van der Waals surface area contributed by atoms with Gasteiger partial charge in [0.15, 0.2) is 7.98 Å². The summed E-state index contributed by atoms with van der Waals surface area (Å²) in [6.07, 6.45) is 0. The molecule has 0 radical (unpaired) electrons. The molecule has 0 spiro atoms. The lowest BCUT2D eigenvalue weighted by Gasteiger charge is -2.05. The summed E-state index contributed by atoms with van der Waals surface area (Å²) >= 11 is 7.51. The van der Waals surface area contributed by atoms with E-state index in [0.717, 1.165) is 0 Å². The largest absolute Gasteiger partial charge is 0.352 e. The summed E-state index contributed by atoms with van der Waals surface area (Å²) in [5.74, 6) is 0.499. The molecular weight excluding hydrogens is 141 g/mol. The number of hydrogen-bond donors (Lipinski definition) is 3. The number of rotatable bonds is 3. The second kappa shape index (κ2) is 4.29. The van der Waals surface area contributed by atoms with Crippen molar-refractivity contribution in [2.24, 2.45) is 0 Å². The monoisotopic (exact) mass is 149 g/mol. The number of hydrogen-bond acceptors (Lipinski definition) is 3. The van der Waals surface area contributed by atoms with Gasteiger partial charge in [0.05, 0.1) is 6.04 Å². The maximum atomic E-state index is 10.4. The van der Waals surface area contributed by atoms with Gasteiger partial charge in [-0.3, -0.25) is 4.79 Å². The van der Waals surface area contributed by atoms with Gasteiger partial charge in [0, 0.05) is 5.75 Å². The summed E-state index contributed by atoms with van der Waals surface area (Å²) in [6.45, 7) is 0. The highest BCUT2D eigenvalue weighted by Crippen LogP contribution is 1.90. The van der Waals surface area contributed by atoms with Gasteiger partial charge in [0.1, 0.15) is 0 Å². The van der Waals surface area contributed by atoms with Crippen LogP contribution in [0.5, 0.6) is 0 Å². The third kappa shape index (κ3) is 2.64. The first-order valence-electron chi connectivity index (χ1n) is 2.23. The van der Waals surface area contributed by atoms with Gasteiger partial charge in [-0.25, -0.2) is 0 Å². The lowest BCUT2D eigenvalue weighted by atomic mass is 10.3. The molecule has 1 atom stereocenters. The molecule has 0 unspecified atom stereocenters. The Bertz CT molecular complexity index is 85.4. The Morgan fingerprint density at radius 2 is 2.38 bits per heavy atom. The molecule has 0 aromatic carbocycles. The molecule has 46 valence electrons. The highest BCUT2D eigenvalue weighted by atomic mass is 32.1. The van der Waals surface area contributed by atoms with E-state index in [1.54, 1.807) is 7.98 Å². The highest BCUT2D eigenvalue weighted by molar-refractivity contribution is 7.96. The Morgan fingerprint density at radius 3 is 2.38 bits per heavy atom. The molecule has 0 fully saturated rings. The second-order valence-electron chi connectivity index (χ2n) is 1.36. The summed E-state index contributed by atoms with van der Waals surface area (Å²) in [4.78, 5) is 10.4. The summed E-state index contributed by atoms with van der Waals surface area (Å²) < 4.78 is 0.